The Kier molecular flexibility index (Phi) is 6.60. The van der Waals surface area contributed by atoms with Crippen molar-refractivity contribution in [1.29, 1.82) is 0 Å². The average Bonchev–Trinajstić information content (AvgIpc) is 3.56. The van der Waals surface area contributed by atoms with Crippen LogP contribution in [0, 0.1) is 6.92 Å². The van der Waals surface area contributed by atoms with Crippen molar-refractivity contribution in [3.05, 3.63) is 112 Å². The van der Waals surface area contributed by atoms with Crippen molar-refractivity contribution in [2.45, 2.75) is 30.8 Å². The monoisotopic (exact) mass is 506 g/mol. The maximum atomic E-state index is 13.8. The van der Waals surface area contributed by atoms with Gasteiger partial charge in [-0.15, -0.1) is 11.3 Å². The van der Waals surface area contributed by atoms with Gasteiger partial charge in [0.15, 0.2) is 0 Å². The van der Waals surface area contributed by atoms with E-state index in [0.29, 0.717) is 12.3 Å². The fraction of sp³-hybridized carbons (Fsp3) is 0.222. The minimum absolute atomic E-state index is 0.0253. The Morgan fingerprint density at radius 1 is 1.03 bits per heavy atom. The molecule has 1 aliphatic heterocycles. The zero-order chi connectivity index (χ0) is 24.4. The second-order valence-corrected chi connectivity index (χ2v) is 11.5. The van der Waals surface area contributed by atoms with Crippen molar-refractivity contribution in [3.63, 3.8) is 0 Å². The number of rotatable bonds is 7. The first-order valence-corrected chi connectivity index (χ1v) is 13.8. The predicted octanol–water partition coefficient (Wildman–Crippen LogP) is 5.01. The van der Waals surface area contributed by atoms with Crippen molar-refractivity contribution < 1.29 is 17.6 Å². The first-order chi connectivity index (χ1) is 16.9. The summed E-state index contributed by atoms with van der Waals surface area (Å²) in [5.74, 6) is 0.243. The van der Waals surface area contributed by atoms with Gasteiger partial charge in [-0.1, -0.05) is 42.5 Å². The SMILES string of the molecule is Cc1ccccc1C1c2ccsc2CCN1C(=O)CN(Cc1ccco1)S(=O)(=O)c1ccccc1. The summed E-state index contributed by atoms with van der Waals surface area (Å²) < 4.78 is 33.8. The van der Waals surface area contributed by atoms with E-state index >= 15 is 0 Å². The van der Waals surface area contributed by atoms with Gasteiger partial charge >= 0.3 is 0 Å². The third-order valence-electron chi connectivity index (χ3n) is 6.37. The standard InChI is InChI=1S/C27H26N2O4S2/c1-20-8-5-6-12-23(20)27-24-14-17-34-25(24)13-15-29(27)26(30)19-28(18-21-9-7-16-33-21)35(31,32)22-10-3-2-4-11-22/h2-12,14,16-17,27H,13,15,18-19H2,1H3. The number of furan rings is 1. The number of carbonyl (C=O) groups excluding carboxylic acids is 1. The first kappa shape index (κ1) is 23.5. The zero-order valence-corrected chi connectivity index (χ0v) is 21.0. The highest BCUT2D eigenvalue weighted by Gasteiger charge is 2.36. The van der Waals surface area contributed by atoms with Crippen LogP contribution in [-0.2, 0) is 27.8 Å². The van der Waals surface area contributed by atoms with Crippen LogP contribution in [0.15, 0.2) is 93.8 Å². The maximum Gasteiger partial charge on any atom is 0.243 e. The summed E-state index contributed by atoms with van der Waals surface area (Å²) in [5, 5.41) is 2.06. The molecule has 2 aromatic carbocycles. The lowest BCUT2D eigenvalue weighted by Crippen LogP contribution is -2.46. The summed E-state index contributed by atoms with van der Waals surface area (Å²) in [6.45, 7) is 2.27. The van der Waals surface area contributed by atoms with Gasteiger partial charge in [0, 0.05) is 11.4 Å². The summed E-state index contributed by atoms with van der Waals surface area (Å²) in [7, 11) is -3.92. The summed E-state index contributed by atoms with van der Waals surface area (Å²) in [6.07, 6.45) is 2.26. The van der Waals surface area contributed by atoms with Crippen molar-refractivity contribution in [1.82, 2.24) is 9.21 Å². The Labute approximate surface area is 209 Å². The van der Waals surface area contributed by atoms with E-state index in [1.54, 1.807) is 53.8 Å². The van der Waals surface area contributed by atoms with Gasteiger partial charge in [0.25, 0.3) is 0 Å². The van der Waals surface area contributed by atoms with E-state index in [1.807, 2.05) is 36.1 Å². The van der Waals surface area contributed by atoms with Crippen molar-refractivity contribution in [2.24, 2.45) is 0 Å². The van der Waals surface area contributed by atoms with E-state index in [4.69, 9.17) is 4.42 Å². The normalized spacial score (nSPS) is 15.8. The zero-order valence-electron chi connectivity index (χ0n) is 19.3. The molecule has 1 atom stereocenters. The molecule has 5 rings (SSSR count). The Hall–Kier alpha value is -3.20. The van der Waals surface area contributed by atoms with Crippen LogP contribution in [0.1, 0.15) is 33.4 Å². The fourth-order valence-corrected chi connectivity index (χ4v) is 6.88. The summed E-state index contributed by atoms with van der Waals surface area (Å²) in [6, 6.07) is 21.5. The fourth-order valence-electron chi connectivity index (χ4n) is 4.60. The largest absolute Gasteiger partial charge is 0.468 e. The molecule has 35 heavy (non-hydrogen) atoms. The van der Waals surface area contributed by atoms with Crippen molar-refractivity contribution in [2.75, 3.05) is 13.1 Å². The number of hydrogen-bond donors (Lipinski definition) is 0. The van der Waals surface area contributed by atoms with Crippen molar-refractivity contribution >= 4 is 27.3 Å². The van der Waals surface area contributed by atoms with E-state index in [2.05, 4.69) is 11.4 Å². The average molecular weight is 507 g/mol. The molecule has 0 saturated heterocycles. The summed E-state index contributed by atoms with van der Waals surface area (Å²) >= 11 is 1.70. The second-order valence-electron chi connectivity index (χ2n) is 8.56. The smallest absolute Gasteiger partial charge is 0.243 e. The molecule has 0 radical (unpaired) electrons. The molecule has 2 aromatic heterocycles. The Balaban J connectivity index is 1.50. The molecule has 6 nitrogen and oxygen atoms in total. The first-order valence-electron chi connectivity index (χ1n) is 11.4. The van der Waals surface area contributed by atoms with E-state index in [-0.39, 0.29) is 29.9 Å². The molecular weight excluding hydrogens is 480 g/mol. The van der Waals surface area contributed by atoms with Gasteiger partial charge in [0.2, 0.25) is 15.9 Å². The van der Waals surface area contributed by atoms with Crippen LogP contribution in [0.5, 0.6) is 0 Å². The Morgan fingerprint density at radius 3 is 2.54 bits per heavy atom. The highest BCUT2D eigenvalue weighted by molar-refractivity contribution is 7.89. The number of fused-ring (bicyclic) bond motifs is 1. The number of sulfonamides is 1. The summed E-state index contributed by atoms with van der Waals surface area (Å²) in [5.41, 5.74) is 3.27. The minimum Gasteiger partial charge on any atom is -0.468 e. The molecule has 0 spiro atoms. The van der Waals surface area contributed by atoms with Crippen LogP contribution in [0.2, 0.25) is 0 Å². The highest BCUT2D eigenvalue weighted by Crippen LogP contribution is 2.39. The number of aryl methyl sites for hydroxylation is 1. The number of nitrogens with zero attached hydrogens (tertiary/aromatic N) is 2. The highest BCUT2D eigenvalue weighted by atomic mass is 32.2. The molecule has 0 fully saturated rings. The van der Waals surface area contributed by atoms with Crippen LogP contribution in [0.3, 0.4) is 0 Å². The Bertz CT molecular complexity index is 1410. The summed E-state index contributed by atoms with van der Waals surface area (Å²) in [4.78, 5) is 17.1. The molecule has 0 aliphatic carbocycles. The number of benzene rings is 2. The van der Waals surface area contributed by atoms with Gasteiger partial charge in [-0.3, -0.25) is 4.79 Å². The molecule has 180 valence electrons. The maximum absolute atomic E-state index is 13.8. The van der Waals surface area contributed by atoms with Gasteiger partial charge in [0.05, 0.1) is 30.3 Å². The van der Waals surface area contributed by atoms with Gasteiger partial charge in [-0.25, -0.2) is 8.42 Å². The molecule has 8 heteroatoms. The van der Waals surface area contributed by atoms with E-state index in [9.17, 15) is 13.2 Å². The number of carbonyl (C=O) groups is 1. The Morgan fingerprint density at radius 2 is 1.80 bits per heavy atom. The predicted molar refractivity (Wildman–Crippen MR) is 136 cm³/mol. The van der Waals surface area contributed by atoms with E-state index in [0.717, 1.165) is 23.1 Å². The van der Waals surface area contributed by atoms with Crippen LogP contribution in [0.25, 0.3) is 0 Å². The molecule has 0 N–H and O–H groups in total. The van der Waals surface area contributed by atoms with Crippen LogP contribution in [0.4, 0.5) is 0 Å². The lowest BCUT2D eigenvalue weighted by Gasteiger charge is -2.38. The van der Waals surface area contributed by atoms with Crippen LogP contribution in [-0.4, -0.2) is 36.6 Å². The molecule has 1 aliphatic rings. The lowest BCUT2D eigenvalue weighted by molar-refractivity contribution is -0.133. The molecular formula is C27H26N2O4S2. The third-order valence-corrected chi connectivity index (χ3v) is 9.18. The quantitative estimate of drug-likeness (QED) is 0.353. The van der Waals surface area contributed by atoms with E-state index in [1.165, 1.54) is 15.4 Å². The van der Waals surface area contributed by atoms with E-state index < -0.39 is 10.0 Å². The molecule has 1 amide bonds. The van der Waals surface area contributed by atoms with Gasteiger partial charge < -0.3 is 9.32 Å². The number of hydrogen-bond acceptors (Lipinski definition) is 5. The van der Waals surface area contributed by atoms with Crippen LogP contribution < -0.4 is 0 Å². The molecule has 0 saturated carbocycles. The number of amides is 1. The van der Waals surface area contributed by atoms with Gasteiger partial charge in [-0.2, -0.15) is 4.31 Å². The van der Waals surface area contributed by atoms with Crippen LogP contribution >= 0.6 is 11.3 Å². The van der Waals surface area contributed by atoms with Crippen molar-refractivity contribution in [3.8, 4) is 0 Å². The minimum atomic E-state index is -3.92. The molecule has 3 heterocycles. The lowest BCUT2D eigenvalue weighted by atomic mass is 9.90. The topological polar surface area (TPSA) is 70.8 Å². The molecule has 1 unspecified atom stereocenters. The number of thiophene rings is 1. The molecule has 4 aromatic rings. The molecule has 0 bridgehead atoms. The second kappa shape index (κ2) is 9.81. The third kappa shape index (κ3) is 4.69. The van der Waals surface area contributed by atoms with Gasteiger partial charge in [0.1, 0.15) is 5.76 Å². The van der Waals surface area contributed by atoms with Gasteiger partial charge in [-0.05, 0) is 65.7 Å².